The molecule has 4 aromatic rings. The summed E-state index contributed by atoms with van der Waals surface area (Å²) in [6.45, 7) is 7.15. The first kappa shape index (κ1) is 32.4. The number of Topliss-reactive ketones (excluding diaryl/α,β-unsaturated/α-hetero) is 1. The molecule has 1 aromatic heterocycles. The second kappa shape index (κ2) is 14.2. The zero-order chi connectivity index (χ0) is 33.1. The minimum Gasteiger partial charge on any atom is -0.454 e. The van der Waals surface area contributed by atoms with Gasteiger partial charge in [-0.15, -0.1) is 0 Å². The Hall–Kier alpha value is -4.12. The Kier molecular flexibility index (Phi) is 9.57. The lowest BCUT2D eigenvalue weighted by Crippen LogP contribution is -2.48. The van der Waals surface area contributed by atoms with Gasteiger partial charge in [-0.25, -0.2) is 9.97 Å². The first-order valence-corrected chi connectivity index (χ1v) is 17.7. The van der Waals surface area contributed by atoms with Crippen LogP contribution in [-0.2, 0) is 22.5 Å². The van der Waals surface area contributed by atoms with E-state index in [1.807, 2.05) is 59.5 Å². The minimum absolute atomic E-state index is 0.0492. The van der Waals surface area contributed by atoms with Crippen LogP contribution in [0.25, 0.3) is 0 Å². The van der Waals surface area contributed by atoms with E-state index in [4.69, 9.17) is 26.1 Å². The van der Waals surface area contributed by atoms with Crippen molar-refractivity contribution in [3.05, 3.63) is 106 Å². The van der Waals surface area contributed by atoms with Crippen molar-refractivity contribution in [3.8, 4) is 11.5 Å². The van der Waals surface area contributed by atoms with Crippen molar-refractivity contribution in [1.29, 1.82) is 0 Å². The number of carbonyl (C=O) groups excluding carboxylic acids is 2. The van der Waals surface area contributed by atoms with Crippen molar-refractivity contribution >= 4 is 40.9 Å². The van der Waals surface area contributed by atoms with E-state index in [0.29, 0.717) is 60.6 Å². The highest BCUT2D eigenvalue weighted by Gasteiger charge is 2.40. The third-order valence-electron chi connectivity index (χ3n) is 9.65. The summed E-state index contributed by atoms with van der Waals surface area (Å²) in [5, 5.41) is 0.967. The first-order valence-electron chi connectivity index (χ1n) is 16.3. The number of thioether (sulfide) groups is 1. The van der Waals surface area contributed by atoms with E-state index >= 15 is 0 Å². The average Bonchev–Trinajstić information content (AvgIpc) is 3.59. The van der Waals surface area contributed by atoms with Gasteiger partial charge in [0.15, 0.2) is 16.7 Å². The molecule has 7 rings (SSSR count). The fourth-order valence-electron chi connectivity index (χ4n) is 6.86. The van der Waals surface area contributed by atoms with Crippen molar-refractivity contribution < 1.29 is 19.1 Å². The summed E-state index contributed by atoms with van der Waals surface area (Å²) in [4.78, 5) is 42.1. The van der Waals surface area contributed by atoms with Crippen LogP contribution in [0.3, 0.4) is 0 Å². The van der Waals surface area contributed by atoms with E-state index in [1.165, 1.54) is 17.3 Å². The molecule has 48 heavy (non-hydrogen) atoms. The van der Waals surface area contributed by atoms with Crippen molar-refractivity contribution in [2.24, 2.45) is 0 Å². The molecule has 0 spiro atoms. The smallest absolute Gasteiger partial charge is 0.253 e. The topological polar surface area (TPSA) is 88.1 Å². The number of piperazine rings is 1. The van der Waals surface area contributed by atoms with E-state index in [-0.39, 0.29) is 18.5 Å². The molecule has 0 atom stereocenters. The number of ether oxygens (including phenoxy) is 2. The molecule has 2 fully saturated rings. The van der Waals surface area contributed by atoms with Crippen LogP contribution < -0.4 is 14.4 Å². The average molecular weight is 684 g/mol. The highest BCUT2D eigenvalue weighted by molar-refractivity contribution is 7.98. The number of fused-ring (bicyclic) bond motifs is 1. The number of hydrogen-bond acceptors (Lipinski definition) is 9. The molecule has 11 heteroatoms. The zero-order valence-electron chi connectivity index (χ0n) is 26.9. The molecule has 0 saturated carbocycles. The number of carbonyl (C=O) groups is 2. The Morgan fingerprint density at radius 1 is 0.833 bits per heavy atom. The van der Waals surface area contributed by atoms with Gasteiger partial charge in [0.1, 0.15) is 16.8 Å². The lowest BCUT2D eigenvalue weighted by molar-refractivity contribution is -0.123. The Morgan fingerprint density at radius 2 is 1.60 bits per heavy atom. The summed E-state index contributed by atoms with van der Waals surface area (Å²) in [5.74, 6) is 3.21. The Labute approximate surface area is 290 Å². The Bertz CT molecular complexity index is 1790. The maximum absolute atomic E-state index is 13.5. The number of anilines is 1. The van der Waals surface area contributed by atoms with Crippen molar-refractivity contribution in [2.45, 2.75) is 42.6 Å². The summed E-state index contributed by atoms with van der Waals surface area (Å²) in [5.41, 5.74) is 3.48. The van der Waals surface area contributed by atoms with Crippen LogP contribution in [-0.4, -0.2) is 77.5 Å². The normalized spacial score (nSPS) is 17.4. The van der Waals surface area contributed by atoms with Crippen LogP contribution in [0.5, 0.6) is 11.5 Å². The Balaban J connectivity index is 0.939. The van der Waals surface area contributed by atoms with Gasteiger partial charge in [0.25, 0.3) is 5.91 Å². The van der Waals surface area contributed by atoms with Crippen LogP contribution in [0.15, 0.2) is 84.0 Å². The number of piperidine rings is 1. The summed E-state index contributed by atoms with van der Waals surface area (Å²) >= 11 is 7.97. The fraction of sp³-hybridized carbons (Fsp3) is 0.351. The molecule has 3 aliphatic heterocycles. The Morgan fingerprint density at radius 3 is 2.38 bits per heavy atom. The van der Waals surface area contributed by atoms with E-state index < -0.39 is 5.41 Å². The number of ketones is 1. The van der Waals surface area contributed by atoms with E-state index in [0.717, 1.165) is 48.1 Å². The van der Waals surface area contributed by atoms with E-state index in [1.54, 1.807) is 13.0 Å². The molecular formula is C37H38ClN5O4S. The van der Waals surface area contributed by atoms with Crippen molar-refractivity contribution in [1.82, 2.24) is 19.8 Å². The summed E-state index contributed by atoms with van der Waals surface area (Å²) in [6.07, 6.45) is 1.43. The third kappa shape index (κ3) is 7.02. The third-order valence-corrected chi connectivity index (χ3v) is 10.8. The number of nitrogens with zero attached hydrogens (tertiary/aromatic N) is 5. The number of amides is 1. The molecule has 4 heterocycles. The summed E-state index contributed by atoms with van der Waals surface area (Å²) < 4.78 is 10.9. The molecule has 248 valence electrons. The number of aromatic nitrogens is 2. The van der Waals surface area contributed by atoms with Gasteiger partial charge in [-0.05, 0) is 60.7 Å². The molecule has 3 aromatic carbocycles. The standard InChI is InChI=1S/C37H38ClN5O4S/c1-26(44)37(30-8-3-2-4-9-30)12-14-42(15-13-37)34-22-33(38)39-36(40-34)48-24-28-6-5-7-29(20-28)35(45)43-18-16-41(17-19-43)23-27-10-11-31-32(21-27)47-25-46-31/h2-11,20-22H,12-19,23-25H2,1H3. The van der Waals surface area contributed by atoms with Gasteiger partial charge in [0, 0.05) is 63.2 Å². The molecule has 0 aliphatic carbocycles. The molecule has 0 N–H and O–H groups in total. The minimum atomic E-state index is -0.476. The second-order valence-electron chi connectivity index (χ2n) is 12.6. The van der Waals surface area contributed by atoms with Crippen LogP contribution in [0, 0.1) is 0 Å². The summed E-state index contributed by atoms with van der Waals surface area (Å²) in [7, 11) is 0. The number of benzene rings is 3. The zero-order valence-corrected chi connectivity index (χ0v) is 28.5. The van der Waals surface area contributed by atoms with Gasteiger partial charge in [-0.3, -0.25) is 14.5 Å². The fourth-order valence-corrected chi connectivity index (χ4v) is 7.89. The van der Waals surface area contributed by atoms with Crippen molar-refractivity contribution in [3.63, 3.8) is 0 Å². The second-order valence-corrected chi connectivity index (χ2v) is 13.9. The molecule has 1 amide bonds. The lowest BCUT2D eigenvalue weighted by Gasteiger charge is -2.41. The number of rotatable bonds is 9. The highest BCUT2D eigenvalue weighted by Crippen LogP contribution is 2.38. The molecule has 2 saturated heterocycles. The molecule has 0 unspecified atom stereocenters. The SMILES string of the molecule is CC(=O)C1(c2ccccc2)CCN(c2cc(Cl)nc(SCc3cccc(C(=O)N4CCN(Cc5ccc6c(c5)OCO6)CC4)c3)n2)CC1. The van der Waals surface area contributed by atoms with Crippen LogP contribution >= 0.6 is 23.4 Å². The lowest BCUT2D eigenvalue weighted by atomic mass is 9.70. The monoisotopic (exact) mass is 683 g/mol. The van der Waals surface area contributed by atoms with E-state index in [2.05, 4.69) is 33.0 Å². The molecule has 3 aliphatic rings. The van der Waals surface area contributed by atoms with Gasteiger partial charge in [-0.1, -0.05) is 71.9 Å². The predicted octanol–water partition coefficient (Wildman–Crippen LogP) is 6.24. The van der Waals surface area contributed by atoms with Gasteiger partial charge >= 0.3 is 0 Å². The maximum Gasteiger partial charge on any atom is 0.253 e. The van der Waals surface area contributed by atoms with E-state index in [9.17, 15) is 9.59 Å². The van der Waals surface area contributed by atoms with Crippen LogP contribution in [0.4, 0.5) is 5.82 Å². The number of hydrogen-bond donors (Lipinski definition) is 0. The summed E-state index contributed by atoms with van der Waals surface area (Å²) in [6, 6.07) is 25.8. The van der Waals surface area contributed by atoms with Gasteiger partial charge < -0.3 is 19.3 Å². The molecule has 9 nitrogen and oxygen atoms in total. The first-order chi connectivity index (χ1) is 23.4. The molecular weight excluding hydrogens is 646 g/mol. The molecule has 0 bridgehead atoms. The highest BCUT2D eigenvalue weighted by atomic mass is 35.5. The predicted molar refractivity (Wildman–Crippen MR) is 187 cm³/mol. The van der Waals surface area contributed by atoms with Gasteiger partial charge in [0.05, 0.1) is 5.41 Å². The largest absolute Gasteiger partial charge is 0.454 e. The van der Waals surface area contributed by atoms with Crippen molar-refractivity contribution in [2.75, 3.05) is 51.0 Å². The van der Waals surface area contributed by atoms with Gasteiger partial charge in [0.2, 0.25) is 6.79 Å². The van der Waals surface area contributed by atoms with Gasteiger partial charge in [-0.2, -0.15) is 0 Å². The number of halogens is 1. The molecule has 0 radical (unpaired) electrons. The quantitative estimate of drug-likeness (QED) is 0.116. The van der Waals surface area contributed by atoms with Crippen LogP contribution in [0.1, 0.15) is 46.8 Å². The maximum atomic E-state index is 13.5. The van der Waals surface area contributed by atoms with Crippen LogP contribution in [0.2, 0.25) is 5.15 Å².